The van der Waals surface area contributed by atoms with Gasteiger partial charge in [0.1, 0.15) is 5.82 Å². The molecule has 1 aromatic heterocycles. The van der Waals surface area contributed by atoms with Gasteiger partial charge in [-0.3, -0.25) is 14.2 Å². The van der Waals surface area contributed by atoms with Crippen LogP contribution in [0.5, 0.6) is 0 Å². The molecule has 3 aromatic carbocycles. The van der Waals surface area contributed by atoms with E-state index in [1.165, 1.54) is 0 Å². The first-order valence-corrected chi connectivity index (χ1v) is 12.8. The zero-order valence-electron chi connectivity index (χ0n) is 20.6. The van der Waals surface area contributed by atoms with Gasteiger partial charge in [-0.25, -0.2) is 4.98 Å². The van der Waals surface area contributed by atoms with E-state index in [-0.39, 0.29) is 11.5 Å². The van der Waals surface area contributed by atoms with Crippen molar-refractivity contribution in [3.05, 3.63) is 104 Å². The molecule has 5 nitrogen and oxygen atoms in total. The zero-order valence-corrected chi connectivity index (χ0v) is 22.2. The first-order valence-electron chi connectivity index (χ1n) is 12.0. The van der Waals surface area contributed by atoms with Crippen molar-refractivity contribution in [2.75, 3.05) is 6.54 Å². The number of hydrogen-bond acceptors (Lipinski definition) is 3. The number of aromatic nitrogens is 2. The lowest BCUT2D eigenvalue weighted by Crippen LogP contribution is -2.38. The molecule has 35 heavy (non-hydrogen) atoms. The van der Waals surface area contributed by atoms with Crippen LogP contribution in [0, 0.1) is 13.8 Å². The average molecular weight is 532 g/mol. The molecule has 6 heteroatoms. The van der Waals surface area contributed by atoms with Gasteiger partial charge in [-0.15, -0.1) is 0 Å². The van der Waals surface area contributed by atoms with Crippen molar-refractivity contribution in [2.24, 2.45) is 0 Å². The van der Waals surface area contributed by atoms with Crippen LogP contribution in [0.2, 0.25) is 0 Å². The Hall–Kier alpha value is -3.25. The summed E-state index contributed by atoms with van der Waals surface area (Å²) in [6.45, 7) is 8.71. The third-order valence-electron chi connectivity index (χ3n) is 6.48. The van der Waals surface area contributed by atoms with E-state index in [4.69, 9.17) is 4.98 Å². The smallest absolute Gasteiger partial charge is 0.266 e. The van der Waals surface area contributed by atoms with Crippen molar-refractivity contribution >= 4 is 32.7 Å². The zero-order chi connectivity index (χ0) is 25.1. The quantitative estimate of drug-likeness (QED) is 0.264. The van der Waals surface area contributed by atoms with Gasteiger partial charge in [0.25, 0.3) is 11.5 Å². The number of para-hydroxylation sites is 1. The number of unbranched alkanes of at least 4 members (excludes halogenated alkanes) is 1. The Balaban J connectivity index is 1.92. The average Bonchev–Trinajstić information content (AvgIpc) is 2.85. The maximum Gasteiger partial charge on any atom is 0.266 e. The van der Waals surface area contributed by atoms with Crippen LogP contribution in [0.4, 0.5) is 0 Å². The van der Waals surface area contributed by atoms with Crippen molar-refractivity contribution < 1.29 is 4.79 Å². The van der Waals surface area contributed by atoms with Gasteiger partial charge < -0.3 is 4.90 Å². The summed E-state index contributed by atoms with van der Waals surface area (Å²) in [5, 5.41) is 0.556. The molecule has 0 aliphatic rings. The minimum Gasteiger partial charge on any atom is -0.329 e. The van der Waals surface area contributed by atoms with Crippen molar-refractivity contribution in [2.45, 2.75) is 46.6 Å². The third-order valence-corrected chi connectivity index (χ3v) is 6.97. The molecule has 0 aliphatic heterocycles. The summed E-state index contributed by atoms with van der Waals surface area (Å²) in [5.74, 6) is 0.470. The summed E-state index contributed by atoms with van der Waals surface area (Å²) >= 11 is 3.48. The van der Waals surface area contributed by atoms with Crippen LogP contribution in [0.25, 0.3) is 16.6 Å². The fourth-order valence-electron chi connectivity index (χ4n) is 4.27. The van der Waals surface area contributed by atoms with Crippen molar-refractivity contribution in [3.63, 3.8) is 0 Å². The molecule has 1 unspecified atom stereocenters. The number of halogens is 1. The van der Waals surface area contributed by atoms with Crippen LogP contribution < -0.4 is 5.56 Å². The van der Waals surface area contributed by atoms with Crippen molar-refractivity contribution in [1.29, 1.82) is 0 Å². The molecule has 0 aliphatic carbocycles. The van der Waals surface area contributed by atoms with Crippen molar-refractivity contribution in [1.82, 2.24) is 14.5 Å². The lowest BCUT2D eigenvalue weighted by molar-refractivity contribution is 0.0678. The number of carbonyl (C=O) groups excluding carboxylic acids is 1. The summed E-state index contributed by atoms with van der Waals surface area (Å²) in [5.41, 5.74) is 4.09. The first-order chi connectivity index (χ1) is 16.8. The normalized spacial score (nSPS) is 12.0. The monoisotopic (exact) mass is 531 g/mol. The molecule has 4 rings (SSSR count). The lowest BCUT2D eigenvalue weighted by atomic mass is 10.1. The van der Waals surface area contributed by atoms with Crippen LogP contribution in [-0.2, 0) is 0 Å². The number of carbonyl (C=O) groups is 1. The molecule has 0 radical (unpaired) electrons. The van der Waals surface area contributed by atoms with E-state index >= 15 is 0 Å². The number of aryl methyl sites for hydroxylation is 2. The molecule has 0 saturated heterocycles. The SMILES string of the molecule is CCCCN(C(=O)c1cccc(Br)c1)C(C)c1nc2ccccc2c(=O)n1-c1ccc(C)c(C)c1. The molecule has 0 bridgehead atoms. The first kappa shape index (κ1) is 24.9. The number of benzene rings is 3. The highest BCUT2D eigenvalue weighted by Crippen LogP contribution is 2.26. The minimum atomic E-state index is -0.424. The molecule has 1 atom stereocenters. The number of amides is 1. The maximum atomic E-state index is 13.8. The van der Waals surface area contributed by atoms with E-state index in [0.717, 1.165) is 34.1 Å². The van der Waals surface area contributed by atoms with Gasteiger partial charge in [-0.1, -0.05) is 53.5 Å². The highest BCUT2D eigenvalue weighted by Gasteiger charge is 2.27. The van der Waals surface area contributed by atoms with Gasteiger partial charge in [0.2, 0.25) is 0 Å². The predicted molar refractivity (Wildman–Crippen MR) is 145 cm³/mol. The van der Waals surface area contributed by atoms with Gasteiger partial charge >= 0.3 is 0 Å². The van der Waals surface area contributed by atoms with Crippen molar-refractivity contribution in [3.8, 4) is 5.69 Å². The lowest BCUT2D eigenvalue weighted by Gasteiger charge is -2.31. The third kappa shape index (κ3) is 5.08. The highest BCUT2D eigenvalue weighted by molar-refractivity contribution is 9.10. The number of rotatable bonds is 7. The van der Waals surface area contributed by atoms with Gasteiger partial charge in [0.15, 0.2) is 0 Å². The fourth-order valence-corrected chi connectivity index (χ4v) is 4.67. The van der Waals surface area contributed by atoms with E-state index < -0.39 is 6.04 Å². The van der Waals surface area contributed by atoms with Gasteiger partial charge in [0.05, 0.1) is 22.6 Å². The molecular weight excluding hydrogens is 502 g/mol. The topological polar surface area (TPSA) is 55.2 Å². The largest absolute Gasteiger partial charge is 0.329 e. The maximum absolute atomic E-state index is 13.8. The molecule has 0 fully saturated rings. The number of hydrogen-bond donors (Lipinski definition) is 0. The molecule has 1 amide bonds. The van der Waals surface area contributed by atoms with Crippen LogP contribution in [0.1, 0.15) is 60.0 Å². The van der Waals surface area contributed by atoms with Gasteiger partial charge in [0, 0.05) is 16.6 Å². The second kappa shape index (κ2) is 10.6. The summed E-state index contributed by atoms with van der Waals surface area (Å²) in [4.78, 5) is 34.3. The summed E-state index contributed by atoms with van der Waals surface area (Å²) in [6, 6.07) is 20.4. The minimum absolute atomic E-state index is 0.0821. The van der Waals surface area contributed by atoms with E-state index in [1.54, 1.807) is 10.6 Å². The predicted octanol–water partition coefficient (Wildman–Crippen LogP) is 6.77. The second-order valence-electron chi connectivity index (χ2n) is 8.93. The van der Waals surface area contributed by atoms with Gasteiger partial charge in [-0.2, -0.15) is 0 Å². The second-order valence-corrected chi connectivity index (χ2v) is 9.85. The number of nitrogens with zero attached hydrogens (tertiary/aromatic N) is 3. The Morgan fingerprint density at radius 1 is 1.03 bits per heavy atom. The molecule has 0 N–H and O–H groups in total. The molecule has 180 valence electrons. The molecule has 0 saturated carbocycles. The summed E-state index contributed by atoms with van der Waals surface area (Å²) in [6.07, 6.45) is 1.80. The van der Waals surface area contributed by atoms with E-state index in [0.29, 0.717) is 28.8 Å². The summed E-state index contributed by atoms with van der Waals surface area (Å²) < 4.78 is 2.52. The Morgan fingerprint density at radius 2 is 1.80 bits per heavy atom. The Bertz CT molecular complexity index is 1440. The van der Waals surface area contributed by atoms with Gasteiger partial charge in [-0.05, 0) is 80.8 Å². The highest BCUT2D eigenvalue weighted by atomic mass is 79.9. The molecule has 4 aromatic rings. The van der Waals surface area contributed by atoms with Crippen LogP contribution >= 0.6 is 15.9 Å². The molecule has 0 spiro atoms. The van der Waals surface area contributed by atoms with E-state index in [9.17, 15) is 9.59 Å². The number of fused-ring (bicyclic) bond motifs is 1. The Labute approximate surface area is 214 Å². The fraction of sp³-hybridized carbons (Fsp3) is 0.276. The van der Waals surface area contributed by atoms with E-state index in [1.807, 2.05) is 86.3 Å². The Morgan fingerprint density at radius 3 is 2.51 bits per heavy atom. The van der Waals surface area contributed by atoms with Crippen LogP contribution in [0.3, 0.4) is 0 Å². The Kier molecular flexibility index (Phi) is 7.51. The summed E-state index contributed by atoms with van der Waals surface area (Å²) in [7, 11) is 0. The standard InChI is InChI=1S/C29H30BrN3O2/c1-5-6-16-32(28(34)22-10-9-11-23(30)18-22)21(4)27-31-26-13-8-7-12-25(26)29(35)33(27)24-15-14-19(2)20(3)17-24/h7-15,17-18,21H,5-6,16H2,1-4H3. The molecular formula is C29H30BrN3O2. The van der Waals surface area contributed by atoms with Crippen LogP contribution in [-0.4, -0.2) is 26.9 Å². The van der Waals surface area contributed by atoms with E-state index in [2.05, 4.69) is 22.9 Å². The molecule has 1 heterocycles. The van der Waals surface area contributed by atoms with Crippen LogP contribution in [0.15, 0.2) is 76.0 Å².